The number of hydrogen-bond donors (Lipinski definition) is 1. The first-order valence-corrected chi connectivity index (χ1v) is 3.31. The summed E-state index contributed by atoms with van der Waals surface area (Å²) >= 11 is 0. The normalized spacial score (nSPS) is 9.18. The van der Waals surface area contributed by atoms with Crippen LogP contribution in [-0.4, -0.2) is 10.1 Å². The van der Waals surface area contributed by atoms with Crippen LogP contribution >= 0.6 is 0 Å². The Labute approximate surface area is 65.9 Å². The smallest absolute Gasteiger partial charge is 0.0855 e. The molecule has 0 saturated carbocycles. The van der Waals surface area contributed by atoms with Crippen molar-refractivity contribution in [1.29, 1.82) is 0 Å². The van der Waals surface area contributed by atoms with E-state index in [1.54, 1.807) is 6.20 Å². The molecule has 0 unspecified atom stereocenters. The maximum Gasteiger partial charge on any atom is 0.0855 e. The molecular weight excluding hydrogens is 138 g/mol. The van der Waals surface area contributed by atoms with Crippen molar-refractivity contribution in [1.82, 2.24) is 4.98 Å². The number of pyridine rings is 1. The minimum absolute atomic E-state index is 0.0311. The van der Waals surface area contributed by atoms with Gasteiger partial charge in [0.1, 0.15) is 0 Å². The van der Waals surface area contributed by atoms with E-state index >= 15 is 0 Å². The van der Waals surface area contributed by atoms with E-state index in [1.165, 1.54) is 0 Å². The monoisotopic (exact) mass is 147 g/mol. The summed E-state index contributed by atoms with van der Waals surface area (Å²) in [5, 5.41) is 8.77. The topological polar surface area (TPSA) is 33.1 Å². The molecule has 2 nitrogen and oxygen atoms in total. The summed E-state index contributed by atoms with van der Waals surface area (Å²) in [4.78, 5) is 3.98. The average molecular weight is 147 g/mol. The summed E-state index contributed by atoms with van der Waals surface area (Å²) in [7, 11) is 0. The van der Waals surface area contributed by atoms with Crippen molar-refractivity contribution in [2.24, 2.45) is 0 Å². The summed E-state index contributed by atoms with van der Waals surface area (Å²) in [6, 6.07) is 1.83. The predicted octanol–water partition coefficient (Wildman–Crippen LogP) is 0.864. The van der Waals surface area contributed by atoms with Gasteiger partial charge in [-0.2, -0.15) is 0 Å². The van der Waals surface area contributed by atoms with Crippen molar-refractivity contribution in [2.75, 3.05) is 0 Å². The van der Waals surface area contributed by atoms with Crippen LogP contribution in [0.15, 0.2) is 12.3 Å². The molecule has 0 amide bonds. The van der Waals surface area contributed by atoms with Gasteiger partial charge in [0.15, 0.2) is 0 Å². The van der Waals surface area contributed by atoms with Crippen molar-refractivity contribution >= 4 is 0 Å². The lowest BCUT2D eigenvalue weighted by Gasteiger charge is -1.99. The lowest BCUT2D eigenvalue weighted by Crippen LogP contribution is -1.93. The van der Waals surface area contributed by atoms with E-state index in [-0.39, 0.29) is 6.61 Å². The van der Waals surface area contributed by atoms with Gasteiger partial charge in [-0.25, -0.2) is 0 Å². The number of aryl methyl sites for hydroxylation is 1. The number of rotatable bonds is 1. The number of hydrogen-bond acceptors (Lipinski definition) is 2. The van der Waals surface area contributed by atoms with Crippen LogP contribution in [-0.2, 0) is 6.61 Å². The number of aliphatic hydroxyl groups is 1. The van der Waals surface area contributed by atoms with Gasteiger partial charge in [-0.15, -0.1) is 6.42 Å². The molecule has 0 fully saturated rings. The zero-order valence-corrected chi connectivity index (χ0v) is 6.33. The fraction of sp³-hybridized carbons (Fsp3) is 0.222. The van der Waals surface area contributed by atoms with Gasteiger partial charge in [-0.1, -0.05) is 5.92 Å². The quantitative estimate of drug-likeness (QED) is 0.598. The van der Waals surface area contributed by atoms with Crippen LogP contribution < -0.4 is 0 Å². The molecule has 1 rings (SSSR count). The molecule has 0 aliphatic carbocycles. The second kappa shape index (κ2) is 3.18. The molecule has 1 aromatic rings. The van der Waals surface area contributed by atoms with Crippen LogP contribution in [0.25, 0.3) is 0 Å². The first-order chi connectivity index (χ1) is 5.27. The first kappa shape index (κ1) is 7.77. The molecule has 0 saturated heterocycles. The Kier molecular flexibility index (Phi) is 2.25. The lowest BCUT2D eigenvalue weighted by molar-refractivity contribution is 0.276. The Bertz CT molecular complexity index is 299. The van der Waals surface area contributed by atoms with Gasteiger partial charge in [0, 0.05) is 11.8 Å². The van der Waals surface area contributed by atoms with Gasteiger partial charge in [0.2, 0.25) is 0 Å². The molecule has 1 heterocycles. The molecule has 0 aromatic carbocycles. The SMILES string of the molecule is C#Cc1cnc(CO)c(C)c1. The van der Waals surface area contributed by atoms with Crippen LogP contribution in [0.5, 0.6) is 0 Å². The Morgan fingerprint density at radius 2 is 2.45 bits per heavy atom. The highest BCUT2D eigenvalue weighted by Gasteiger charge is 1.97. The van der Waals surface area contributed by atoms with E-state index in [2.05, 4.69) is 10.9 Å². The Morgan fingerprint density at radius 1 is 1.73 bits per heavy atom. The predicted molar refractivity (Wildman–Crippen MR) is 42.8 cm³/mol. The van der Waals surface area contributed by atoms with Gasteiger partial charge >= 0.3 is 0 Å². The third kappa shape index (κ3) is 1.57. The number of aliphatic hydroxyl groups excluding tert-OH is 1. The standard InChI is InChI=1S/C9H9NO/c1-3-8-4-7(2)9(6-11)10-5-8/h1,4-5,11H,6H2,2H3. The molecule has 0 atom stereocenters. The number of terminal acetylenes is 1. The largest absolute Gasteiger partial charge is 0.390 e. The summed E-state index contributed by atoms with van der Waals surface area (Å²) in [6.07, 6.45) is 6.74. The highest BCUT2D eigenvalue weighted by Crippen LogP contribution is 2.05. The van der Waals surface area contributed by atoms with Crippen molar-refractivity contribution in [2.45, 2.75) is 13.5 Å². The molecule has 1 N–H and O–H groups in total. The van der Waals surface area contributed by atoms with Crippen LogP contribution in [0.3, 0.4) is 0 Å². The van der Waals surface area contributed by atoms with Gasteiger partial charge in [0.05, 0.1) is 12.3 Å². The minimum atomic E-state index is -0.0311. The van der Waals surface area contributed by atoms with E-state index in [9.17, 15) is 0 Å². The zero-order chi connectivity index (χ0) is 8.27. The van der Waals surface area contributed by atoms with Crippen molar-refractivity contribution in [3.63, 3.8) is 0 Å². The first-order valence-electron chi connectivity index (χ1n) is 3.31. The summed E-state index contributed by atoms with van der Waals surface area (Å²) < 4.78 is 0. The van der Waals surface area contributed by atoms with E-state index in [0.29, 0.717) is 5.69 Å². The fourth-order valence-electron chi connectivity index (χ4n) is 0.848. The zero-order valence-electron chi connectivity index (χ0n) is 6.33. The molecule has 2 heteroatoms. The second-order valence-electron chi connectivity index (χ2n) is 2.29. The third-order valence-corrected chi connectivity index (χ3v) is 1.50. The van der Waals surface area contributed by atoms with Crippen LogP contribution in [0.2, 0.25) is 0 Å². The molecule has 56 valence electrons. The summed E-state index contributed by atoms with van der Waals surface area (Å²) in [5.74, 6) is 2.47. The molecule has 0 aliphatic heterocycles. The van der Waals surface area contributed by atoms with Crippen molar-refractivity contribution < 1.29 is 5.11 Å². The molecule has 11 heavy (non-hydrogen) atoms. The van der Waals surface area contributed by atoms with Crippen LogP contribution in [0.4, 0.5) is 0 Å². The second-order valence-corrected chi connectivity index (χ2v) is 2.29. The molecular formula is C9H9NO. The van der Waals surface area contributed by atoms with Gasteiger partial charge in [-0.3, -0.25) is 4.98 Å². The molecule has 0 aliphatic rings. The highest BCUT2D eigenvalue weighted by molar-refractivity contribution is 5.34. The minimum Gasteiger partial charge on any atom is -0.390 e. The van der Waals surface area contributed by atoms with Gasteiger partial charge < -0.3 is 5.11 Å². The summed E-state index contributed by atoms with van der Waals surface area (Å²) in [6.45, 7) is 1.84. The third-order valence-electron chi connectivity index (χ3n) is 1.50. The number of nitrogens with zero attached hydrogens (tertiary/aromatic N) is 1. The molecule has 0 bridgehead atoms. The molecule has 0 radical (unpaired) electrons. The van der Waals surface area contributed by atoms with Gasteiger partial charge in [0.25, 0.3) is 0 Å². The van der Waals surface area contributed by atoms with Crippen molar-refractivity contribution in [3.8, 4) is 12.3 Å². The van der Waals surface area contributed by atoms with E-state index in [4.69, 9.17) is 11.5 Å². The maximum atomic E-state index is 8.77. The average Bonchev–Trinajstić information content (AvgIpc) is 2.04. The Balaban J connectivity index is 3.12. The highest BCUT2D eigenvalue weighted by atomic mass is 16.3. The van der Waals surface area contributed by atoms with Crippen LogP contribution in [0, 0.1) is 19.3 Å². The van der Waals surface area contributed by atoms with E-state index in [0.717, 1.165) is 11.1 Å². The Morgan fingerprint density at radius 3 is 2.91 bits per heavy atom. The van der Waals surface area contributed by atoms with Crippen molar-refractivity contribution in [3.05, 3.63) is 29.1 Å². The summed E-state index contributed by atoms with van der Waals surface area (Å²) in [5.41, 5.74) is 2.37. The van der Waals surface area contributed by atoms with E-state index in [1.807, 2.05) is 13.0 Å². The van der Waals surface area contributed by atoms with Crippen LogP contribution in [0.1, 0.15) is 16.8 Å². The molecule has 1 aromatic heterocycles. The lowest BCUT2D eigenvalue weighted by atomic mass is 10.2. The molecule has 0 spiro atoms. The van der Waals surface area contributed by atoms with E-state index < -0.39 is 0 Å². The number of aromatic nitrogens is 1. The maximum absolute atomic E-state index is 8.77. The Hall–Kier alpha value is -1.33. The fourth-order valence-corrected chi connectivity index (χ4v) is 0.848. The van der Waals surface area contributed by atoms with Gasteiger partial charge in [-0.05, 0) is 18.6 Å².